The van der Waals surface area contributed by atoms with Gasteiger partial charge in [-0.3, -0.25) is 0 Å². The lowest BCUT2D eigenvalue weighted by molar-refractivity contribution is 0.472. The Labute approximate surface area is 97.0 Å². The Kier molecular flexibility index (Phi) is 4.46. The first-order valence-corrected chi connectivity index (χ1v) is 6.78. The molecular weight excluding hydrogens is 224 g/mol. The molecule has 0 aliphatic carbocycles. The Morgan fingerprint density at radius 3 is 2.25 bits per heavy atom. The van der Waals surface area contributed by atoms with Gasteiger partial charge in [0.15, 0.2) is 0 Å². The third-order valence-electron chi connectivity index (χ3n) is 2.22. The third kappa shape index (κ3) is 4.74. The van der Waals surface area contributed by atoms with Gasteiger partial charge in [0, 0.05) is 6.04 Å². The standard InChI is InChI=1S/C11H18N2O2S/c1-9(2)8-11(13-16(12,14)15)10-6-4-3-5-7-10/h3-7,9,11,13H,8H2,1-2H3,(H2,12,14,15). The van der Waals surface area contributed by atoms with Gasteiger partial charge in [-0.1, -0.05) is 44.2 Å². The molecule has 3 N–H and O–H groups in total. The van der Waals surface area contributed by atoms with Crippen LogP contribution in [0.3, 0.4) is 0 Å². The predicted octanol–water partition coefficient (Wildman–Crippen LogP) is 1.57. The summed E-state index contributed by atoms with van der Waals surface area (Å²) in [4.78, 5) is 0. The van der Waals surface area contributed by atoms with E-state index in [1.54, 1.807) is 0 Å². The minimum absolute atomic E-state index is 0.254. The van der Waals surface area contributed by atoms with Crippen LogP contribution in [0.5, 0.6) is 0 Å². The summed E-state index contributed by atoms with van der Waals surface area (Å²) in [7, 11) is -3.67. The number of nitrogens with two attached hydrogens (primary N) is 1. The minimum atomic E-state index is -3.67. The fourth-order valence-corrected chi connectivity index (χ4v) is 2.24. The van der Waals surface area contributed by atoms with E-state index < -0.39 is 10.2 Å². The number of benzene rings is 1. The Hall–Kier alpha value is -0.910. The van der Waals surface area contributed by atoms with Crippen LogP contribution >= 0.6 is 0 Å². The second-order valence-electron chi connectivity index (χ2n) is 4.26. The molecule has 0 spiro atoms. The minimum Gasteiger partial charge on any atom is -0.216 e. The van der Waals surface area contributed by atoms with Gasteiger partial charge in [-0.25, -0.2) is 5.14 Å². The molecule has 1 aromatic carbocycles. The van der Waals surface area contributed by atoms with Gasteiger partial charge in [0.05, 0.1) is 0 Å². The van der Waals surface area contributed by atoms with Crippen molar-refractivity contribution in [3.8, 4) is 0 Å². The van der Waals surface area contributed by atoms with E-state index in [9.17, 15) is 8.42 Å². The SMILES string of the molecule is CC(C)CC(NS(N)(=O)=O)c1ccccc1. The van der Waals surface area contributed by atoms with Gasteiger partial charge in [-0.15, -0.1) is 0 Å². The molecule has 0 aliphatic heterocycles. The average molecular weight is 242 g/mol. The van der Waals surface area contributed by atoms with Gasteiger partial charge in [0.1, 0.15) is 0 Å². The molecule has 4 nitrogen and oxygen atoms in total. The van der Waals surface area contributed by atoms with Crippen molar-refractivity contribution in [2.75, 3.05) is 0 Å². The maximum atomic E-state index is 11.1. The van der Waals surface area contributed by atoms with E-state index in [1.807, 2.05) is 44.2 Å². The molecule has 0 aromatic heterocycles. The monoisotopic (exact) mass is 242 g/mol. The largest absolute Gasteiger partial charge is 0.274 e. The lowest BCUT2D eigenvalue weighted by Crippen LogP contribution is -2.34. The first-order valence-electron chi connectivity index (χ1n) is 5.23. The molecule has 0 saturated carbocycles. The summed E-state index contributed by atoms with van der Waals surface area (Å²) in [5.74, 6) is 0.388. The van der Waals surface area contributed by atoms with E-state index >= 15 is 0 Å². The Balaban J connectivity index is 2.88. The Morgan fingerprint density at radius 2 is 1.81 bits per heavy atom. The van der Waals surface area contributed by atoms with Crippen LogP contribution in [0.1, 0.15) is 31.9 Å². The van der Waals surface area contributed by atoms with Gasteiger partial charge in [0.25, 0.3) is 10.2 Å². The second-order valence-corrected chi connectivity index (χ2v) is 5.58. The van der Waals surface area contributed by atoms with E-state index in [0.717, 1.165) is 12.0 Å². The van der Waals surface area contributed by atoms with Crippen LogP contribution in [-0.2, 0) is 10.2 Å². The smallest absolute Gasteiger partial charge is 0.216 e. The highest BCUT2D eigenvalue weighted by molar-refractivity contribution is 7.87. The first-order chi connectivity index (χ1) is 7.38. The fraction of sp³-hybridized carbons (Fsp3) is 0.455. The molecule has 16 heavy (non-hydrogen) atoms. The highest BCUT2D eigenvalue weighted by Crippen LogP contribution is 2.21. The van der Waals surface area contributed by atoms with Crippen molar-refractivity contribution in [3.63, 3.8) is 0 Å². The maximum Gasteiger partial charge on any atom is 0.274 e. The molecule has 0 saturated heterocycles. The topological polar surface area (TPSA) is 72.2 Å². The Bertz CT molecular complexity index is 415. The van der Waals surface area contributed by atoms with E-state index in [-0.39, 0.29) is 6.04 Å². The van der Waals surface area contributed by atoms with Crippen LogP contribution in [0, 0.1) is 5.92 Å². The lowest BCUT2D eigenvalue weighted by atomic mass is 9.98. The Morgan fingerprint density at radius 1 is 1.25 bits per heavy atom. The van der Waals surface area contributed by atoms with Gasteiger partial charge < -0.3 is 0 Å². The van der Waals surface area contributed by atoms with Crippen molar-refractivity contribution in [1.29, 1.82) is 0 Å². The van der Waals surface area contributed by atoms with Crippen LogP contribution in [0.4, 0.5) is 0 Å². The molecule has 1 atom stereocenters. The number of nitrogens with one attached hydrogen (secondary N) is 1. The summed E-state index contributed by atoms with van der Waals surface area (Å²) in [6.07, 6.45) is 0.723. The fourth-order valence-electron chi connectivity index (χ4n) is 1.61. The third-order valence-corrected chi connectivity index (χ3v) is 2.83. The summed E-state index contributed by atoms with van der Waals surface area (Å²) >= 11 is 0. The predicted molar refractivity (Wildman–Crippen MR) is 64.9 cm³/mol. The molecule has 0 radical (unpaired) electrons. The van der Waals surface area contributed by atoms with Crippen molar-refractivity contribution < 1.29 is 8.42 Å². The quantitative estimate of drug-likeness (QED) is 0.822. The molecule has 0 fully saturated rings. The van der Waals surface area contributed by atoms with Crippen molar-refractivity contribution in [2.45, 2.75) is 26.3 Å². The molecule has 0 amide bonds. The van der Waals surface area contributed by atoms with Crippen LogP contribution < -0.4 is 9.86 Å². The average Bonchev–Trinajstić information content (AvgIpc) is 2.15. The van der Waals surface area contributed by atoms with E-state index in [1.165, 1.54) is 0 Å². The van der Waals surface area contributed by atoms with E-state index in [4.69, 9.17) is 5.14 Å². The van der Waals surface area contributed by atoms with E-state index in [2.05, 4.69) is 4.72 Å². The van der Waals surface area contributed by atoms with Gasteiger partial charge in [-0.05, 0) is 17.9 Å². The van der Waals surface area contributed by atoms with Gasteiger partial charge >= 0.3 is 0 Å². The zero-order valence-corrected chi connectivity index (χ0v) is 10.4. The summed E-state index contributed by atoms with van der Waals surface area (Å²) in [6.45, 7) is 4.08. The molecule has 1 rings (SSSR count). The van der Waals surface area contributed by atoms with Crippen molar-refractivity contribution >= 4 is 10.2 Å². The second kappa shape index (κ2) is 5.43. The van der Waals surface area contributed by atoms with Crippen molar-refractivity contribution in [3.05, 3.63) is 35.9 Å². The van der Waals surface area contributed by atoms with Crippen LogP contribution in [0.15, 0.2) is 30.3 Å². The number of hydrogen-bond donors (Lipinski definition) is 2. The number of hydrogen-bond acceptors (Lipinski definition) is 2. The molecule has 0 aliphatic rings. The normalized spacial score (nSPS) is 14.0. The van der Waals surface area contributed by atoms with Crippen molar-refractivity contribution in [2.24, 2.45) is 11.1 Å². The highest BCUT2D eigenvalue weighted by atomic mass is 32.2. The van der Waals surface area contributed by atoms with Crippen LogP contribution in [0.2, 0.25) is 0 Å². The number of rotatable bonds is 5. The summed E-state index contributed by atoms with van der Waals surface area (Å²) in [5, 5.41) is 5.01. The lowest BCUT2D eigenvalue weighted by Gasteiger charge is -2.19. The van der Waals surface area contributed by atoms with Gasteiger partial charge in [-0.2, -0.15) is 13.1 Å². The molecular formula is C11H18N2O2S. The van der Waals surface area contributed by atoms with Gasteiger partial charge in [0.2, 0.25) is 0 Å². The molecule has 5 heteroatoms. The first kappa shape index (κ1) is 13.2. The zero-order chi connectivity index (χ0) is 12.2. The van der Waals surface area contributed by atoms with Crippen molar-refractivity contribution in [1.82, 2.24) is 4.72 Å². The maximum absolute atomic E-state index is 11.1. The van der Waals surface area contributed by atoms with E-state index in [0.29, 0.717) is 5.92 Å². The molecule has 1 unspecified atom stereocenters. The molecule has 90 valence electrons. The molecule has 0 bridgehead atoms. The molecule has 1 aromatic rings. The summed E-state index contributed by atoms with van der Waals surface area (Å²) in [6, 6.07) is 9.20. The van der Waals surface area contributed by atoms with Crippen LogP contribution in [-0.4, -0.2) is 8.42 Å². The van der Waals surface area contributed by atoms with Crippen LogP contribution in [0.25, 0.3) is 0 Å². The highest BCUT2D eigenvalue weighted by Gasteiger charge is 2.17. The summed E-state index contributed by atoms with van der Waals surface area (Å²) in [5.41, 5.74) is 0.935. The summed E-state index contributed by atoms with van der Waals surface area (Å²) < 4.78 is 24.6. The molecule has 0 heterocycles. The zero-order valence-electron chi connectivity index (χ0n) is 9.55.